The van der Waals surface area contributed by atoms with Gasteiger partial charge < -0.3 is 10.2 Å². The lowest BCUT2D eigenvalue weighted by molar-refractivity contribution is -0.118. The first-order valence-electron chi connectivity index (χ1n) is 6.64. The zero-order valence-corrected chi connectivity index (χ0v) is 11.5. The van der Waals surface area contributed by atoms with Crippen molar-refractivity contribution in [2.24, 2.45) is 0 Å². The molecule has 1 aromatic carbocycles. The molecular weight excluding hydrogens is 263 g/mol. The van der Waals surface area contributed by atoms with Crippen LogP contribution in [0.2, 0.25) is 0 Å². The molecule has 2 aliphatic heterocycles. The molecule has 0 radical (unpaired) electrons. The van der Waals surface area contributed by atoms with Gasteiger partial charge in [-0.05, 0) is 24.1 Å². The van der Waals surface area contributed by atoms with Gasteiger partial charge in [0.25, 0.3) is 0 Å². The van der Waals surface area contributed by atoms with Crippen LogP contribution in [0.5, 0.6) is 0 Å². The molecule has 5 heteroatoms. The lowest BCUT2D eigenvalue weighted by Crippen LogP contribution is -2.42. The third-order valence-corrected chi connectivity index (χ3v) is 4.79. The van der Waals surface area contributed by atoms with Crippen LogP contribution in [0.3, 0.4) is 0 Å². The van der Waals surface area contributed by atoms with Crippen molar-refractivity contribution in [2.75, 3.05) is 29.5 Å². The number of hydrogen-bond acceptors (Lipinski definition) is 3. The summed E-state index contributed by atoms with van der Waals surface area (Å²) in [4.78, 5) is 14.1. The van der Waals surface area contributed by atoms with Crippen molar-refractivity contribution >= 4 is 23.4 Å². The molecule has 2 heterocycles. The molecule has 1 aromatic rings. The standard InChI is InChI=1S/C14H17FN2OS/c15-11-2-1-10-3-5-17(13(10)7-11)14(18)8-12-9-19-6-4-16-12/h1-2,7,12,16H,3-6,8-9H2. The molecule has 0 aromatic heterocycles. The fourth-order valence-corrected chi connectivity index (χ4v) is 3.63. The van der Waals surface area contributed by atoms with Crippen molar-refractivity contribution in [1.82, 2.24) is 5.32 Å². The summed E-state index contributed by atoms with van der Waals surface area (Å²) >= 11 is 1.88. The number of benzene rings is 1. The first-order chi connectivity index (χ1) is 9.24. The molecule has 0 aliphatic carbocycles. The highest BCUT2D eigenvalue weighted by molar-refractivity contribution is 7.99. The Morgan fingerprint density at radius 2 is 2.42 bits per heavy atom. The third-order valence-electron chi connectivity index (χ3n) is 3.66. The highest BCUT2D eigenvalue weighted by atomic mass is 32.2. The summed E-state index contributed by atoms with van der Waals surface area (Å²) in [5.41, 5.74) is 1.83. The predicted molar refractivity (Wildman–Crippen MR) is 76.2 cm³/mol. The van der Waals surface area contributed by atoms with Crippen molar-refractivity contribution in [3.8, 4) is 0 Å². The highest BCUT2D eigenvalue weighted by Crippen LogP contribution is 2.29. The van der Waals surface area contributed by atoms with E-state index in [-0.39, 0.29) is 17.8 Å². The number of nitrogens with one attached hydrogen (secondary N) is 1. The Kier molecular flexibility index (Phi) is 3.75. The van der Waals surface area contributed by atoms with Crippen LogP contribution in [-0.4, -0.2) is 36.5 Å². The van der Waals surface area contributed by atoms with Crippen LogP contribution in [0.15, 0.2) is 18.2 Å². The van der Waals surface area contributed by atoms with Crippen molar-refractivity contribution in [3.05, 3.63) is 29.6 Å². The first-order valence-corrected chi connectivity index (χ1v) is 7.79. The molecule has 0 spiro atoms. The number of nitrogens with zero attached hydrogens (tertiary/aromatic N) is 1. The van der Waals surface area contributed by atoms with E-state index in [0.29, 0.717) is 13.0 Å². The van der Waals surface area contributed by atoms with E-state index in [4.69, 9.17) is 0 Å². The summed E-state index contributed by atoms with van der Waals surface area (Å²) in [5.74, 6) is 1.92. The van der Waals surface area contributed by atoms with Gasteiger partial charge in [0.2, 0.25) is 5.91 Å². The number of amides is 1. The molecule has 1 N–H and O–H groups in total. The van der Waals surface area contributed by atoms with Gasteiger partial charge in [-0.1, -0.05) is 6.07 Å². The van der Waals surface area contributed by atoms with Crippen molar-refractivity contribution in [2.45, 2.75) is 18.9 Å². The van der Waals surface area contributed by atoms with Crippen molar-refractivity contribution in [1.29, 1.82) is 0 Å². The Morgan fingerprint density at radius 1 is 1.53 bits per heavy atom. The molecule has 3 rings (SSSR count). The van der Waals surface area contributed by atoms with Gasteiger partial charge in [0.05, 0.1) is 0 Å². The molecule has 1 unspecified atom stereocenters. The Labute approximate surface area is 116 Å². The SMILES string of the molecule is O=C(CC1CSCCN1)N1CCc2ccc(F)cc21. The number of hydrogen-bond donors (Lipinski definition) is 1. The minimum absolute atomic E-state index is 0.101. The van der Waals surface area contributed by atoms with Crippen LogP contribution in [0.4, 0.5) is 10.1 Å². The molecule has 2 aliphatic rings. The quantitative estimate of drug-likeness (QED) is 0.897. The Morgan fingerprint density at radius 3 is 3.21 bits per heavy atom. The number of halogens is 1. The van der Waals surface area contributed by atoms with Crippen LogP contribution < -0.4 is 10.2 Å². The second-order valence-electron chi connectivity index (χ2n) is 5.00. The molecule has 19 heavy (non-hydrogen) atoms. The average molecular weight is 280 g/mol. The molecule has 0 saturated carbocycles. The molecule has 1 fully saturated rings. The first kappa shape index (κ1) is 12.9. The molecule has 1 saturated heterocycles. The lowest BCUT2D eigenvalue weighted by Gasteiger charge is -2.25. The largest absolute Gasteiger partial charge is 0.312 e. The van der Waals surface area contributed by atoms with Gasteiger partial charge in [-0.3, -0.25) is 4.79 Å². The van der Waals surface area contributed by atoms with Crippen molar-refractivity contribution in [3.63, 3.8) is 0 Å². The summed E-state index contributed by atoms with van der Waals surface area (Å²) in [5, 5.41) is 3.37. The number of anilines is 1. The van der Waals surface area contributed by atoms with Gasteiger partial charge in [-0.2, -0.15) is 11.8 Å². The summed E-state index contributed by atoms with van der Waals surface area (Å²) in [7, 11) is 0. The smallest absolute Gasteiger partial charge is 0.228 e. The summed E-state index contributed by atoms with van der Waals surface area (Å²) in [6, 6.07) is 4.98. The highest BCUT2D eigenvalue weighted by Gasteiger charge is 2.27. The normalized spacial score (nSPS) is 22.4. The molecule has 102 valence electrons. The Balaban J connectivity index is 1.70. The Bertz CT molecular complexity index is 488. The van der Waals surface area contributed by atoms with E-state index in [2.05, 4.69) is 5.32 Å². The Hall–Kier alpha value is -1.07. The second kappa shape index (κ2) is 5.51. The maximum absolute atomic E-state index is 13.3. The fourth-order valence-electron chi connectivity index (χ4n) is 2.68. The topological polar surface area (TPSA) is 32.3 Å². The predicted octanol–water partition coefficient (Wildman–Crippen LogP) is 1.81. The number of carbonyl (C=O) groups excluding carboxylic acids is 1. The van der Waals surface area contributed by atoms with E-state index in [0.717, 1.165) is 35.7 Å². The third kappa shape index (κ3) is 2.77. The molecular formula is C14H17FN2OS. The monoisotopic (exact) mass is 280 g/mol. The van der Waals surface area contributed by atoms with Gasteiger partial charge in [-0.15, -0.1) is 0 Å². The number of thioether (sulfide) groups is 1. The van der Waals surface area contributed by atoms with E-state index < -0.39 is 0 Å². The zero-order valence-electron chi connectivity index (χ0n) is 10.7. The molecule has 3 nitrogen and oxygen atoms in total. The maximum Gasteiger partial charge on any atom is 0.228 e. The summed E-state index contributed by atoms with van der Waals surface area (Å²) in [6.45, 7) is 1.64. The van der Waals surface area contributed by atoms with Crippen LogP contribution in [0.1, 0.15) is 12.0 Å². The van der Waals surface area contributed by atoms with E-state index in [1.165, 1.54) is 12.1 Å². The van der Waals surface area contributed by atoms with Gasteiger partial charge in [0, 0.05) is 42.7 Å². The minimum Gasteiger partial charge on any atom is -0.312 e. The van der Waals surface area contributed by atoms with Crippen LogP contribution in [0.25, 0.3) is 0 Å². The van der Waals surface area contributed by atoms with Gasteiger partial charge >= 0.3 is 0 Å². The average Bonchev–Trinajstić information content (AvgIpc) is 2.82. The zero-order chi connectivity index (χ0) is 13.2. The van der Waals surface area contributed by atoms with Crippen molar-refractivity contribution < 1.29 is 9.18 Å². The van der Waals surface area contributed by atoms with Crippen LogP contribution in [-0.2, 0) is 11.2 Å². The van der Waals surface area contributed by atoms with Crippen LogP contribution in [0, 0.1) is 5.82 Å². The van der Waals surface area contributed by atoms with Gasteiger partial charge in [0.1, 0.15) is 5.82 Å². The summed E-state index contributed by atoms with van der Waals surface area (Å²) in [6.07, 6.45) is 1.33. The van der Waals surface area contributed by atoms with E-state index in [9.17, 15) is 9.18 Å². The number of carbonyl (C=O) groups is 1. The maximum atomic E-state index is 13.3. The molecule has 0 bridgehead atoms. The van der Waals surface area contributed by atoms with Crippen LogP contribution >= 0.6 is 11.8 Å². The van der Waals surface area contributed by atoms with E-state index in [1.54, 1.807) is 11.0 Å². The van der Waals surface area contributed by atoms with Gasteiger partial charge in [0.15, 0.2) is 0 Å². The van der Waals surface area contributed by atoms with E-state index >= 15 is 0 Å². The lowest BCUT2D eigenvalue weighted by atomic mass is 10.1. The van der Waals surface area contributed by atoms with Gasteiger partial charge in [-0.25, -0.2) is 4.39 Å². The number of fused-ring (bicyclic) bond motifs is 1. The fraction of sp³-hybridized carbons (Fsp3) is 0.500. The molecule has 1 amide bonds. The molecule has 1 atom stereocenters. The summed E-state index contributed by atoms with van der Waals surface area (Å²) < 4.78 is 13.3. The van der Waals surface area contributed by atoms with E-state index in [1.807, 2.05) is 11.8 Å². The second-order valence-corrected chi connectivity index (χ2v) is 6.15. The minimum atomic E-state index is -0.273. The number of rotatable bonds is 2.